The Morgan fingerprint density at radius 1 is 1.12 bits per heavy atom. The number of guanidine groups is 1. The van der Waals surface area contributed by atoms with Gasteiger partial charge in [0.1, 0.15) is 0 Å². The molecule has 1 rings (SSSR count). The topological polar surface area (TPSA) is 58.1 Å². The molecule has 1 heterocycles. The SMILES string of the molecule is CN=C(NCCCOCCOC)NCCCN1CCCCC1C.I. The molecule has 0 amide bonds. The number of nitrogens with one attached hydrogen (secondary N) is 2. The van der Waals surface area contributed by atoms with E-state index in [-0.39, 0.29) is 24.0 Å². The second-order valence-corrected chi connectivity index (χ2v) is 6.12. The second-order valence-electron chi connectivity index (χ2n) is 6.12. The lowest BCUT2D eigenvalue weighted by Crippen LogP contribution is -2.41. The van der Waals surface area contributed by atoms with Crippen molar-refractivity contribution < 1.29 is 9.47 Å². The van der Waals surface area contributed by atoms with E-state index in [9.17, 15) is 0 Å². The van der Waals surface area contributed by atoms with E-state index in [1.807, 2.05) is 7.05 Å². The minimum atomic E-state index is 0. The van der Waals surface area contributed by atoms with Crippen LogP contribution >= 0.6 is 24.0 Å². The highest BCUT2D eigenvalue weighted by molar-refractivity contribution is 14.0. The Bertz CT molecular complexity index is 319. The Kier molecular flexibility index (Phi) is 16.3. The van der Waals surface area contributed by atoms with Crippen LogP contribution in [-0.4, -0.2) is 77.1 Å². The zero-order valence-electron chi connectivity index (χ0n) is 15.7. The summed E-state index contributed by atoms with van der Waals surface area (Å²) in [4.78, 5) is 6.86. The fraction of sp³-hybridized carbons (Fsp3) is 0.941. The normalized spacial score (nSPS) is 19.0. The third-order valence-corrected chi connectivity index (χ3v) is 4.27. The van der Waals surface area contributed by atoms with Gasteiger partial charge < -0.3 is 25.0 Å². The summed E-state index contributed by atoms with van der Waals surface area (Å²) in [5.74, 6) is 0.883. The fourth-order valence-corrected chi connectivity index (χ4v) is 2.82. The van der Waals surface area contributed by atoms with Gasteiger partial charge in [-0.25, -0.2) is 0 Å². The van der Waals surface area contributed by atoms with Crippen LogP contribution in [0.2, 0.25) is 0 Å². The highest BCUT2D eigenvalue weighted by Gasteiger charge is 2.16. The molecule has 1 unspecified atom stereocenters. The first-order valence-electron chi connectivity index (χ1n) is 9.03. The molecule has 1 atom stereocenters. The molecule has 0 aromatic carbocycles. The summed E-state index contributed by atoms with van der Waals surface area (Å²) in [7, 11) is 3.50. The van der Waals surface area contributed by atoms with Crippen molar-refractivity contribution in [3.8, 4) is 0 Å². The summed E-state index contributed by atoms with van der Waals surface area (Å²) in [5, 5.41) is 6.71. The van der Waals surface area contributed by atoms with E-state index in [2.05, 4.69) is 27.4 Å². The van der Waals surface area contributed by atoms with Crippen molar-refractivity contribution in [2.24, 2.45) is 4.99 Å². The molecule has 0 aromatic heterocycles. The van der Waals surface area contributed by atoms with E-state index >= 15 is 0 Å². The molecule has 0 aromatic rings. The molecule has 0 saturated carbocycles. The third kappa shape index (κ3) is 11.4. The van der Waals surface area contributed by atoms with Crippen molar-refractivity contribution in [3.63, 3.8) is 0 Å². The maximum atomic E-state index is 5.43. The van der Waals surface area contributed by atoms with Gasteiger partial charge in [0.15, 0.2) is 5.96 Å². The lowest BCUT2D eigenvalue weighted by molar-refractivity contribution is 0.0698. The van der Waals surface area contributed by atoms with Crippen molar-refractivity contribution in [1.29, 1.82) is 0 Å². The predicted molar refractivity (Wildman–Crippen MR) is 112 cm³/mol. The highest BCUT2D eigenvalue weighted by Crippen LogP contribution is 2.15. The largest absolute Gasteiger partial charge is 0.382 e. The van der Waals surface area contributed by atoms with Crippen molar-refractivity contribution in [1.82, 2.24) is 15.5 Å². The van der Waals surface area contributed by atoms with Gasteiger partial charge in [0, 0.05) is 46.4 Å². The summed E-state index contributed by atoms with van der Waals surface area (Å²) in [6.45, 7) is 8.70. The number of nitrogens with zero attached hydrogens (tertiary/aromatic N) is 2. The molecule has 1 saturated heterocycles. The number of aliphatic imine (C=N–C) groups is 1. The van der Waals surface area contributed by atoms with Gasteiger partial charge in [-0.05, 0) is 39.2 Å². The van der Waals surface area contributed by atoms with Crippen LogP contribution in [0.3, 0.4) is 0 Å². The summed E-state index contributed by atoms with van der Waals surface area (Å²) in [6, 6.07) is 0.749. The lowest BCUT2D eigenvalue weighted by Gasteiger charge is -2.33. The van der Waals surface area contributed by atoms with E-state index in [0.717, 1.165) is 44.5 Å². The van der Waals surface area contributed by atoms with Crippen LogP contribution in [0.1, 0.15) is 39.0 Å². The molecule has 0 spiro atoms. The smallest absolute Gasteiger partial charge is 0.190 e. The van der Waals surface area contributed by atoms with E-state index < -0.39 is 0 Å². The number of methoxy groups -OCH3 is 1. The average molecular weight is 456 g/mol. The Balaban J connectivity index is 0.00000529. The maximum absolute atomic E-state index is 5.43. The van der Waals surface area contributed by atoms with Gasteiger partial charge in [0.25, 0.3) is 0 Å². The maximum Gasteiger partial charge on any atom is 0.190 e. The van der Waals surface area contributed by atoms with Crippen LogP contribution < -0.4 is 10.6 Å². The van der Waals surface area contributed by atoms with Gasteiger partial charge in [-0.15, -0.1) is 24.0 Å². The van der Waals surface area contributed by atoms with Gasteiger partial charge in [-0.1, -0.05) is 6.42 Å². The van der Waals surface area contributed by atoms with Gasteiger partial charge in [0.05, 0.1) is 13.2 Å². The van der Waals surface area contributed by atoms with Crippen LogP contribution in [0.15, 0.2) is 4.99 Å². The van der Waals surface area contributed by atoms with Crippen LogP contribution in [0.25, 0.3) is 0 Å². The van der Waals surface area contributed by atoms with Gasteiger partial charge in [-0.3, -0.25) is 4.99 Å². The molecular formula is C17H37IN4O2. The molecule has 0 aliphatic carbocycles. The zero-order chi connectivity index (χ0) is 16.8. The summed E-state index contributed by atoms with van der Waals surface area (Å²) >= 11 is 0. The first kappa shape index (κ1) is 23.9. The highest BCUT2D eigenvalue weighted by atomic mass is 127. The number of halogens is 1. The molecule has 1 aliphatic rings. The first-order chi connectivity index (χ1) is 11.3. The lowest BCUT2D eigenvalue weighted by atomic mass is 10.0. The average Bonchev–Trinajstić information content (AvgIpc) is 2.57. The van der Waals surface area contributed by atoms with Crippen molar-refractivity contribution in [2.45, 2.75) is 45.1 Å². The molecule has 1 aliphatic heterocycles. The Morgan fingerprint density at radius 3 is 2.54 bits per heavy atom. The van der Waals surface area contributed by atoms with Crippen molar-refractivity contribution >= 4 is 29.9 Å². The van der Waals surface area contributed by atoms with Crippen molar-refractivity contribution in [2.75, 3.05) is 60.2 Å². The van der Waals surface area contributed by atoms with Crippen molar-refractivity contribution in [3.05, 3.63) is 0 Å². The van der Waals surface area contributed by atoms with E-state index in [4.69, 9.17) is 9.47 Å². The Labute approximate surface area is 165 Å². The molecule has 7 heteroatoms. The van der Waals surface area contributed by atoms with Crippen LogP contribution in [0.5, 0.6) is 0 Å². The van der Waals surface area contributed by atoms with E-state index in [1.165, 1.54) is 32.4 Å². The fourth-order valence-electron chi connectivity index (χ4n) is 2.82. The molecule has 1 fully saturated rings. The van der Waals surface area contributed by atoms with Crippen LogP contribution in [-0.2, 0) is 9.47 Å². The summed E-state index contributed by atoms with van der Waals surface area (Å²) < 4.78 is 10.4. The minimum absolute atomic E-state index is 0. The van der Waals surface area contributed by atoms with Crippen LogP contribution in [0, 0.1) is 0 Å². The van der Waals surface area contributed by atoms with Crippen LogP contribution in [0.4, 0.5) is 0 Å². The van der Waals surface area contributed by atoms with Gasteiger partial charge >= 0.3 is 0 Å². The van der Waals surface area contributed by atoms with E-state index in [0.29, 0.717) is 13.2 Å². The summed E-state index contributed by atoms with van der Waals surface area (Å²) in [5.41, 5.74) is 0. The molecule has 0 bridgehead atoms. The molecular weight excluding hydrogens is 419 g/mol. The Morgan fingerprint density at radius 2 is 1.88 bits per heavy atom. The third-order valence-electron chi connectivity index (χ3n) is 4.27. The zero-order valence-corrected chi connectivity index (χ0v) is 18.0. The number of rotatable bonds is 11. The number of ether oxygens (including phenoxy) is 2. The minimum Gasteiger partial charge on any atom is -0.382 e. The monoisotopic (exact) mass is 456 g/mol. The number of hydrogen-bond acceptors (Lipinski definition) is 4. The van der Waals surface area contributed by atoms with Gasteiger partial charge in [-0.2, -0.15) is 0 Å². The molecule has 2 N–H and O–H groups in total. The molecule has 24 heavy (non-hydrogen) atoms. The first-order valence-corrected chi connectivity index (χ1v) is 9.03. The molecule has 0 radical (unpaired) electrons. The number of likely N-dealkylation sites (tertiary alicyclic amines) is 1. The van der Waals surface area contributed by atoms with E-state index in [1.54, 1.807) is 7.11 Å². The molecule has 6 nitrogen and oxygen atoms in total. The van der Waals surface area contributed by atoms with Gasteiger partial charge in [0.2, 0.25) is 0 Å². The summed E-state index contributed by atoms with van der Waals surface area (Å²) in [6.07, 6.45) is 6.22. The predicted octanol–water partition coefficient (Wildman–Crippen LogP) is 2.09. The number of hydrogen-bond donors (Lipinski definition) is 2. The Hall–Kier alpha value is -0.120. The number of piperidine rings is 1. The second kappa shape index (κ2) is 16.4. The standard InChI is InChI=1S/C17H36N4O2.HI/c1-16-8-4-5-11-21(16)12-6-9-19-17(18-2)20-10-7-13-23-15-14-22-3;/h16H,4-15H2,1-3H3,(H2,18,19,20);1H. The molecule has 144 valence electrons. The quantitative estimate of drug-likeness (QED) is 0.216.